The van der Waals surface area contributed by atoms with Crippen molar-refractivity contribution < 1.29 is 23.2 Å². The number of nitrogens with zero attached hydrogens (tertiary/aromatic N) is 1. The van der Waals surface area contributed by atoms with E-state index in [1.807, 2.05) is 24.3 Å². The molecule has 0 saturated heterocycles. The van der Waals surface area contributed by atoms with E-state index in [2.05, 4.69) is 15.5 Å². The second-order valence-corrected chi connectivity index (χ2v) is 7.13. The van der Waals surface area contributed by atoms with E-state index in [9.17, 15) is 14.0 Å². The van der Waals surface area contributed by atoms with E-state index in [4.69, 9.17) is 9.26 Å². The molecule has 4 rings (SSSR count). The monoisotopic (exact) mass is 421 g/mol. The number of H-pyrrole nitrogens is 1. The number of para-hydroxylation sites is 1. The highest BCUT2D eigenvalue weighted by Crippen LogP contribution is 2.20. The van der Waals surface area contributed by atoms with Crippen LogP contribution in [0.25, 0.3) is 10.9 Å². The molecule has 1 amide bonds. The first-order valence-electron chi connectivity index (χ1n) is 9.70. The van der Waals surface area contributed by atoms with Gasteiger partial charge in [-0.2, -0.15) is 0 Å². The van der Waals surface area contributed by atoms with Gasteiger partial charge in [-0.15, -0.1) is 0 Å². The van der Waals surface area contributed by atoms with Gasteiger partial charge in [0, 0.05) is 35.2 Å². The molecule has 158 valence electrons. The number of hydrogen-bond acceptors (Lipinski definition) is 5. The second kappa shape index (κ2) is 8.83. The van der Waals surface area contributed by atoms with Gasteiger partial charge in [0.05, 0.1) is 0 Å². The third-order valence-electron chi connectivity index (χ3n) is 4.83. The molecule has 0 saturated carbocycles. The highest BCUT2D eigenvalue weighted by atomic mass is 19.1. The van der Waals surface area contributed by atoms with Crippen molar-refractivity contribution in [3.63, 3.8) is 0 Å². The molecule has 0 radical (unpaired) electrons. The molecule has 2 heterocycles. The van der Waals surface area contributed by atoms with Crippen molar-refractivity contribution in [2.45, 2.75) is 26.0 Å². The molecule has 0 aliphatic carbocycles. The fraction of sp³-hybridized carbons (Fsp3) is 0.174. The molecule has 31 heavy (non-hydrogen) atoms. The number of aryl methyl sites for hydroxylation is 1. The molecule has 0 aliphatic heterocycles. The molecule has 0 spiro atoms. The maximum absolute atomic E-state index is 13.2. The summed E-state index contributed by atoms with van der Waals surface area (Å²) in [6.45, 7) is 1.66. The van der Waals surface area contributed by atoms with Crippen molar-refractivity contribution in [2.75, 3.05) is 0 Å². The predicted octanol–water partition coefficient (Wildman–Crippen LogP) is 3.69. The topological polar surface area (TPSA) is 97.2 Å². The summed E-state index contributed by atoms with van der Waals surface area (Å²) in [7, 11) is 0. The number of halogens is 1. The van der Waals surface area contributed by atoms with Gasteiger partial charge in [0.2, 0.25) is 0 Å². The number of aromatic nitrogens is 2. The van der Waals surface area contributed by atoms with Gasteiger partial charge in [0.15, 0.2) is 0 Å². The molecule has 0 fully saturated rings. The van der Waals surface area contributed by atoms with Gasteiger partial charge < -0.3 is 19.6 Å². The summed E-state index contributed by atoms with van der Waals surface area (Å²) < 4.78 is 23.5. The summed E-state index contributed by atoms with van der Waals surface area (Å²) in [6.07, 6.45) is 2.02. The molecule has 0 bridgehead atoms. The summed E-state index contributed by atoms with van der Waals surface area (Å²) >= 11 is 0. The van der Waals surface area contributed by atoms with Gasteiger partial charge >= 0.3 is 5.97 Å². The van der Waals surface area contributed by atoms with Crippen LogP contribution >= 0.6 is 0 Å². The minimum Gasteiger partial charge on any atom is -0.458 e. The molecule has 0 aliphatic rings. The van der Waals surface area contributed by atoms with Crippen LogP contribution in [0.4, 0.5) is 4.39 Å². The molecule has 2 aromatic carbocycles. The van der Waals surface area contributed by atoms with Crippen LogP contribution in [0.5, 0.6) is 0 Å². The zero-order chi connectivity index (χ0) is 21.8. The smallest absolute Gasteiger partial charge is 0.329 e. The average molecular weight is 421 g/mol. The minimum atomic E-state index is -0.954. The first-order chi connectivity index (χ1) is 15.0. The number of carbonyl (C=O) groups is 2. The van der Waals surface area contributed by atoms with E-state index in [1.165, 1.54) is 24.3 Å². The SMILES string of the molecule is Cc1cc(COC(=O)[C@H](Cc2c[nH]c3ccccc23)NC(=O)c2ccc(F)cc2)no1. The summed E-state index contributed by atoms with van der Waals surface area (Å²) in [4.78, 5) is 28.7. The largest absolute Gasteiger partial charge is 0.458 e. The summed E-state index contributed by atoms with van der Waals surface area (Å²) in [5, 5.41) is 7.45. The second-order valence-electron chi connectivity index (χ2n) is 7.13. The van der Waals surface area contributed by atoms with Crippen molar-refractivity contribution in [1.29, 1.82) is 0 Å². The van der Waals surface area contributed by atoms with E-state index in [1.54, 1.807) is 19.2 Å². The van der Waals surface area contributed by atoms with Crippen molar-refractivity contribution in [3.05, 3.63) is 89.2 Å². The molecule has 4 aromatic rings. The van der Waals surface area contributed by atoms with Crippen LogP contribution in [0.2, 0.25) is 0 Å². The van der Waals surface area contributed by atoms with Crippen LogP contribution in [0.3, 0.4) is 0 Å². The van der Waals surface area contributed by atoms with Crippen LogP contribution in [0.1, 0.15) is 27.4 Å². The standard InChI is InChI=1S/C23H20FN3O4/c1-14-10-18(27-31-14)13-30-23(29)21(26-22(28)15-6-8-17(24)9-7-15)11-16-12-25-20-5-3-2-4-19(16)20/h2-10,12,21,25H,11,13H2,1H3,(H,26,28)/t21-/m0/s1. The fourth-order valence-electron chi connectivity index (χ4n) is 3.29. The zero-order valence-corrected chi connectivity index (χ0v) is 16.7. The third kappa shape index (κ3) is 4.80. The number of fused-ring (bicyclic) bond motifs is 1. The highest BCUT2D eigenvalue weighted by Gasteiger charge is 2.25. The minimum absolute atomic E-state index is 0.0764. The molecular formula is C23H20FN3O4. The highest BCUT2D eigenvalue weighted by molar-refractivity contribution is 5.97. The lowest BCUT2D eigenvalue weighted by Crippen LogP contribution is -2.43. The number of carbonyl (C=O) groups excluding carboxylic acids is 2. The molecule has 2 aromatic heterocycles. The molecule has 1 atom stereocenters. The normalized spacial score (nSPS) is 11.9. The number of esters is 1. The summed E-state index contributed by atoms with van der Waals surface area (Å²) in [5.41, 5.74) is 2.49. The Morgan fingerprint density at radius 3 is 2.71 bits per heavy atom. The number of nitrogens with one attached hydrogen (secondary N) is 2. The first-order valence-corrected chi connectivity index (χ1v) is 9.70. The van der Waals surface area contributed by atoms with E-state index in [-0.39, 0.29) is 18.6 Å². The van der Waals surface area contributed by atoms with E-state index >= 15 is 0 Å². The first kappa shape index (κ1) is 20.3. The Balaban J connectivity index is 1.53. The number of amides is 1. The van der Waals surface area contributed by atoms with E-state index in [0.717, 1.165) is 16.5 Å². The van der Waals surface area contributed by atoms with Crippen molar-refractivity contribution in [1.82, 2.24) is 15.5 Å². The lowest BCUT2D eigenvalue weighted by atomic mass is 10.0. The number of ether oxygens (including phenoxy) is 1. The predicted molar refractivity (Wildman–Crippen MR) is 111 cm³/mol. The van der Waals surface area contributed by atoms with Gasteiger partial charge in [-0.25, -0.2) is 9.18 Å². The van der Waals surface area contributed by atoms with Gasteiger partial charge in [-0.3, -0.25) is 4.79 Å². The Labute approximate surface area is 177 Å². The Morgan fingerprint density at radius 1 is 1.19 bits per heavy atom. The third-order valence-corrected chi connectivity index (χ3v) is 4.83. The van der Waals surface area contributed by atoms with E-state index in [0.29, 0.717) is 11.5 Å². The summed E-state index contributed by atoms with van der Waals surface area (Å²) in [6, 6.07) is 13.5. The van der Waals surface area contributed by atoms with Crippen LogP contribution < -0.4 is 5.32 Å². The lowest BCUT2D eigenvalue weighted by Gasteiger charge is -2.17. The lowest BCUT2D eigenvalue weighted by molar-refractivity contribution is -0.147. The maximum atomic E-state index is 13.2. The van der Waals surface area contributed by atoms with Crippen LogP contribution in [-0.4, -0.2) is 28.1 Å². The quantitative estimate of drug-likeness (QED) is 0.444. The zero-order valence-electron chi connectivity index (χ0n) is 16.7. The van der Waals surface area contributed by atoms with Gasteiger partial charge in [0.25, 0.3) is 5.91 Å². The van der Waals surface area contributed by atoms with Crippen molar-refractivity contribution in [3.8, 4) is 0 Å². The average Bonchev–Trinajstić information content (AvgIpc) is 3.38. The molecule has 2 N–H and O–H groups in total. The fourth-order valence-corrected chi connectivity index (χ4v) is 3.29. The van der Waals surface area contributed by atoms with Crippen molar-refractivity contribution in [2.24, 2.45) is 0 Å². The van der Waals surface area contributed by atoms with E-state index < -0.39 is 23.7 Å². The Hall–Kier alpha value is -3.94. The number of aromatic amines is 1. The molecule has 7 nitrogen and oxygen atoms in total. The number of rotatable bonds is 7. The van der Waals surface area contributed by atoms with Gasteiger partial charge in [-0.05, 0) is 42.8 Å². The van der Waals surface area contributed by atoms with Crippen molar-refractivity contribution >= 4 is 22.8 Å². The van der Waals surface area contributed by atoms with Gasteiger partial charge in [-0.1, -0.05) is 23.4 Å². The summed E-state index contributed by atoms with van der Waals surface area (Å²) in [5.74, 6) is -0.958. The molecule has 0 unspecified atom stereocenters. The molecular weight excluding hydrogens is 401 g/mol. The maximum Gasteiger partial charge on any atom is 0.329 e. The van der Waals surface area contributed by atoms with Crippen LogP contribution in [-0.2, 0) is 22.6 Å². The van der Waals surface area contributed by atoms with Gasteiger partial charge in [0.1, 0.15) is 29.9 Å². The van der Waals surface area contributed by atoms with Crippen LogP contribution in [0, 0.1) is 12.7 Å². The Bertz CT molecular complexity index is 1210. The Kier molecular flexibility index (Phi) is 5.79. The number of hydrogen-bond donors (Lipinski definition) is 2. The van der Waals surface area contributed by atoms with Crippen LogP contribution in [0.15, 0.2) is 65.3 Å². The number of benzene rings is 2. The Morgan fingerprint density at radius 2 is 1.97 bits per heavy atom. The molecule has 8 heteroatoms.